The number of rotatable bonds is 4. The van der Waals surface area contributed by atoms with Gasteiger partial charge in [0.25, 0.3) is 5.91 Å². The Labute approximate surface area is 175 Å². The van der Waals surface area contributed by atoms with Crippen molar-refractivity contribution in [2.75, 3.05) is 5.32 Å². The molecular weight excluding hydrogens is 402 g/mol. The van der Waals surface area contributed by atoms with Gasteiger partial charge in [0, 0.05) is 28.7 Å². The van der Waals surface area contributed by atoms with Crippen LogP contribution in [0.3, 0.4) is 0 Å². The van der Waals surface area contributed by atoms with E-state index in [1.165, 1.54) is 46.6 Å². The molecule has 0 saturated carbocycles. The molecule has 0 fully saturated rings. The number of fused-ring (bicyclic) bond motifs is 1. The van der Waals surface area contributed by atoms with Crippen molar-refractivity contribution >= 4 is 33.7 Å². The van der Waals surface area contributed by atoms with Gasteiger partial charge in [-0.1, -0.05) is 12.1 Å². The molecule has 4 aromatic rings. The zero-order valence-corrected chi connectivity index (χ0v) is 17.1. The van der Waals surface area contributed by atoms with Crippen molar-refractivity contribution in [2.24, 2.45) is 0 Å². The average Bonchev–Trinajstić information content (AvgIpc) is 3.44. The molecule has 1 N–H and O–H groups in total. The molecule has 6 nitrogen and oxygen atoms in total. The highest BCUT2D eigenvalue weighted by Crippen LogP contribution is 2.30. The smallest absolute Gasteiger partial charge is 0.276 e. The van der Waals surface area contributed by atoms with Crippen LogP contribution in [0.15, 0.2) is 47.4 Å². The minimum Gasteiger partial charge on any atom is -0.296 e. The summed E-state index contributed by atoms with van der Waals surface area (Å²) in [4.78, 5) is 29.8. The Morgan fingerprint density at radius 3 is 2.66 bits per heavy atom. The molecule has 0 saturated heterocycles. The molecule has 0 aliphatic heterocycles. The Kier molecular flexibility index (Phi) is 4.87. The molecule has 1 aliphatic carbocycles. The number of benzene rings is 1. The molecule has 0 radical (unpaired) electrons. The summed E-state index contributed by atoms with van der Waals surface area (Å²) in [6, 6.07) is 8.32. The fraction of sp³-hybridized carbons (Fsp3) is 0.190. The second kappa shape index (κ2) is 7.81. The van der Waals surface area contributed by atoms with Crippen LogP contribution in [0.1, 0.15) is 34.5 Å². The molecule has 1 aliphatic rings. The van der Waals surface area contributed by atoms with E-state index in [0.29, 0.717) is 21.7 Å². The van der Waals surface area contributed by atoms with Gasteiger partial charge in [0.2, 0.25) is 0 Å². The van der Waals surface area contributed by atoms with Crippen LogP contribution in [0, 0.1) is 0 Å². The molecule has 144 valence electrons. The number of anilines is 1. The largest absolute Gasteiger partial charge is 0.296 e. The molecule has 8 heteroatoms. The van der Waals surface area contributed by atoms with Gasteiger partial charge in [0.05, 0.1) is 5.69 Å². The van der Waals surface area contributed by atoms with Crippen molar-refractivity contribution in [3.63, 3.8) is 0 Å². The average molecular weight is 420 g/mol. The summed E-state index contributed by atoms with van der Waals surface area (Å²) in [5.41, 5.74) is 5.19. The summed E-state index contributed by atoms with van der Waals surface area (Å²) >= 11 is 2.76. The number of aryl methyl sites for hydroxylation is 2. The van der Waals surface area contributed by atoms with Crippen molar-refractivity contribution in [3.05, 3.63) is 64.2 Å². The van der Waals surface area contributed by atoms with Crippen LogP contribution in [0.25, 0.3) is 22.1 Å². The highest BCUT2D eigenvalue weighted by atomic mass is 32.1. The molecule has 0 atom stereocenters. The summed E-state index contributed by atoms with van der Waals surface area (Å²) in [5.74, 6) is 0.232. The third kappa shape index (κ3) is 3.81. The van der Waals surface area contributed by atoms with Gasteiger partial charge in [0.1, 0.15) is 5.69 Å². The highest BCUT2D eigenvalue weighted by molar-refractivity contribution is 7.14. The SMILES string of the molecule is O=C(Nc1nc(-c2ccc3c(c2)CCCC3)cs1)c1csc(-c2ncccn2)n1. The van der Waals surface area contributed by atoms with Crippen molar-refractivity contribution < 1.29 is 4.79 Å². The van der Waals surface area contributed by atoms with E-state index in [2.05, 4.69) is 43.5 Å². The zero-order chi connectivity index (χ0) is 19.6. The van der Waals surface area contributed by atoms with Crippen LogP contribution in [-0.2, 0) is 12.8 Å². The van der Waals surface area contributed by atoms with Gasteiger partial charge in [-0.05, 0) is 48.9 Å². The zero-order valence-electron chi connectivity index (χ0n) is 15.5. The lowest BCUT2D eigenvalue weighted by molar-refractivity contribution is 0.102. The molecule has 1 amide bonds. The minimum atomic E-state index is -0.283. The molecule has 3 aromatic heterocycles. The van der Waals surface area contributed by atoms with E-state index in [1.54, 1.807) is 23.8 Å². The van der Waals surface area contributed by atoms with E-state index >= 15 is 0 Å². The summed E-state index contributed by atoms with van der Waals surface area (Å²) in [7, 11) is 0. The van der Waals surface area contributed by atoms with Crippen LogP contribution in [-0.4, -0.2) is 25.8 Å². The van der Waals surface area contributed by atoms with Gasteiger partial charge in [-0.2, -0.15) is 0 Å². The number of carbonyl (C=O) groups excluding carboxylic acids is 1. The fourth-order valence-electron chi connectivity index (χ4n) is 3.41. The highest BCUT2D eigenvalue weighted by Gasteiger charge is 2.16. The second-order valence-electron chi connectivity index (χ2n) is 6.79. The van der Waals surface area contributed by atoms with Gasteiger partial charge < -0.3 is 0 Å². The number of nitrogens with one attached hydrogen (secondary N) is 1. The molecule has 0 unspecified atom stereocenters. The molecule has 0 spiro atoms. The molecule has 0 bridgehead atoms. The van der Waals surface area contributed by atoms with Crippen LogP contribution < -0.4 is 5.32 Å². The fourth-order valence-corrected chi connectivity index (χ4v) is 4.87. The lowest BCUT2D eigenvalue weighted by Gasteiger charge is -2.16. The molecule has 5 rings (SSSR count). The number of amides is 1. The first-order valence-corrected chi connectivity index (χ1v) is 11.1. The first-order chi connectivity index (χ1) is 14.3. The predicted molar refractivity (Wildman–Crippen MR) is 115 cm³/mol. The summed E-state index contributed by atoms with van der Waals surface area (Å²) in [5, 5.41) is 7.71. The number of thiazole rings is 2. The third-order valence-electron chi connectivity index (χ3n) is 4.86. The monoisotopic (exact) mass is 419 g/mol. The number of aromatic nitrogens is 4. The summed E-state index contributed by atoms with van der Waals surface area (Å²) in [6.45, 7) is 0. The minimum absolute atomic E-state index is 0.283. The van der Waals surface area contributed by atoms with Crippen LogP contribution in [0.4, 0.5) is 5.13 Å². The van der Waals surface area contributed by atoms with E-state index in [4.69, 9.17) is 0 Å². The first kappa shape index (κ1) is 18.1. The van der Waals surface area contributed by atoms with E-state index in [9.17, 15) is 4.79 Å². The van der Waals surface area contributed by atoms with Gasteiger partial charge in [-0.15, -0.1) is 22.7 Å². The predicted octanol–water partition coefficient (Wildman–Crippen LogP) is 4.85. The summed E-state index contributed by atoms with van der Waals surface area (Å²) in [6.07, 6.45) is 8.13. The Bertz CT molecular complexity index is 1170. The van der Waals surface area contributed by atoms with E-state index in [-0.39, 0.29) is 5.91 Å². The lowest BCUT2D eigenvalue weighted by atomic mass is 9.90. The van der Waals surface area contributed by atoms with Gasteiger partial charge in [-0.25, -0.2) is 19.9 Å². The van der Waals surface area contributed by atoms with Crippen molar-refractivity contribution in [1.82, 2.24) is 19.9 Å². The Morgan fingerprint density at radius 1 is 0.966 bits per heavy atom. The standard InChI is InChI=1S/C21H17N5OS2/c27-19(17-12-28-20(24-17)18-22-8-3-9-23-18)26-21-25-16(11-29-21)15-7-6-13-4-1-2-5-14(13)10-15/h3,6-12H,1-2,4-5H2,(H,25,26,27). The molecular formula is C21H17N5OS2. The molecule has 3 heterocycles. The Balaban J connectivity index is 1.31. The van der Waals surface area contributed by atoms with E-state index < -0.39 is 0 Å². The number of hydrogen-bond donors (Lipinski definition) is 1. The number of carbonyl (C=O) groups is 1. The van der Waals surface area contributed by atoms with E-state index in [0.717, 1.165) is 24.1 Å². The van der Waals surface area contributed by atoms with Crippen LogP contribution in [0.5, 0.6) is 0 Å². The van der Waals surface area contributed by atoms with Gasteiger partial charge >= 0.3 is 0 Å². The quantitative estimate of drug-likeness (QED) is 0.511. The van der Waals surface area contributed by atoms with Crippen LogP contribution in [0.2, 0.25) is 0 Å². The number of hydrogen-bond acceptors (Lipinski definition) is 7. The molecule has 29 heavy (non-hydrogen) atoms. The Morgan fingerprint density at radius 2 is 1.79 bits per heavy atom. The normalized spacial score (nSPS) is 13.1. The Hall–Kier alpha value is -2.97. The van der Waals surface area contributed by atoms with Crippen molar-refractivity contribution in [3.8, 4) is 22.1 Å². The second-order valence-corrected chi connectivity index (χ2v) is 8.51. The maximum atomic E-state index is 12.6. The summed E-state index contributed by atoms with van der Waals surface area (Å²) < 4.78 is 0. The topological polar surface area (TPSA) is 80.7 Å². The lowest BCUT2D eigenvalue weighted by Crippen LogP contribution is -2.12. The maximum absolute atomic E-state index is 12.6. The van der Waals surface area contributed by atoms with Crippen molar-refractivity contribution in [1.29, 1.82) is 0 Å². The first-order valence-electron chi connectivity index (χ1n) is 9.38. The molecule has 1 aromatic carbocycles. The van der Waals surface area contributed by atoms with Crippen LogP contribution >= 0.6 is 22.7 Å². The van der Waals surface area contributed by atoms with Gasteiger partial charge in [0.15, 0.2) is 16.0 Å². The van der Waals surface area contributed by atoms with Gasteiger partial charge in [-0.3, -0.25) is 10.1 Å². The third-order valence-corrected chi connectivity index (χ3v) is 6.46. The number of nitrogens with zero attached hydrogens (tertiary/aromatic N) is 4. The van der Waals surface area contributed by atoms with Crippen molar-refractivity contribution in [2.45, 2.75) is 25.7 Å². The maximum Gasteiger partial charge on any atom is 0.276 e. The van der Waals surface area contributed by atoms with E-state index in [1.807, 2.05) is 5.38 Å².